The number of ether oxygens (including phenoxy) is 2. The average molecular weight is 336 g/mol. The number of halogens is 1. The van der Waals surface area contributed by atoms with Crippen LogP contribution in [0.5, 0.6) is 5.75 Å². The Balaban J connectivity index is 1.58. The maximum absolute atomic E-state index is 14.0. The van der Waals surface area contributed by atoms with Crippen LogP contribution in [0.1, 0.15) is 32.3 Å². The molecule has 2 aliphatic rings. The average Bonchev–Trinajstić information content (AvgIpc) is 3.37. The Morgan fingerprint density at radius 3 is 2.67 bits per heavy atom. The van der Waals surface area contributed by atoms with E-state index in [0.29, 0.717) is 23.8 Å². The van der Waals surface area contributed by atoms with Gasteiger partial charge in [0.25, 0.3) is 0 Å². The van der Waals surface area contributed by atoms with Crippen molar-refractivity contribution in [2.45, 2.75) is 45.4 Å². The van der Waals surface area contributed by atoms with Gasteiger partial charge in [-0.05, 0) is 50.8 Å². The largest absolute Gasteiger partial charge is 0.493 e. The Hall–Kier alpha value is -1.82. The second-order valence-corrected chi connectivity index (χ2v) is 6.83. The summed E-state index contributed by atoms with van der Waals surface area (Å²) in [5, 5.41) is 3.26. The summed E-state index contributed by atoms with van der Waals surface area (Å²) < 4.78 is 25.0. The van der Waals surface area contributed by atoms with Crippen molar-refractivity contribution in [1.82, 2.24) is 10.2 Å². The van der Waals surface area contributed by atoms with Crippen molar-refractivity contribution in [3.8, 4) is 5.75 Å². The highest BCUT2D eigenvalue weighted by molar-refractivity contribution is 5.68. The second kappa shape index (κ2) is 7.38. The van der Waals surface area contributed by atoms with Crippen molar-refractivity contribution in [2.75, 3.05) is 19.7 Å². The first-order valence-electron chi connectivity index (χ1n) is 8.61. The van der Waals surface area contributed by atoms with Crippen LogP contribution >= 0.6 is 0 Å². The summed E-state index contributed by atoms with van der Waals surface area (Å²) in [4.78, 5) is 14.0. The van der Waals surface area contributed by atoms with Crippen LogP contribution in [0, 0.1) is 11.7 Å². The number of carbonyl (C=O) groups excluding carboxylic acids is 1. The van der Waals surface area contributed by atoms with E-state index in [0.717, 1.165) is 13.1 Å². The first kappa shape index (κ1) is 17.0. The number of hydrogen-bond acceptors (Lipinski definition) is 4. The Kier molecular flexibility index (Phi) is 5.23. The first-order valence-corrected chi connectivity index (χ1v) is 8.61. The molecule has 3 rings (SSSR count). The second-order valence-electron chi connectivity index (χ2n) is 6.83. The van der Waals surface area contributed by atoms with Crippen LogP contribution in [0.3, 0.4) is 0 Å². The molecule has 1 heterocycles. The molecule has 1 saturated heterocycles. The number of nitrogens with one attached hydrogen (secondary N) is 1. The molecular formula is C18H25FN2O3. The van der Waals surface area contributed by atoms with E-state index < -0.39 is 6.09 Å². The lowest BCUT2D eigenvalue weighted by Crippen LogP contribution is -2.57. The molecule has 2 fully saturated rings. The molecule has 2 atom stereocenters. The normalized spacial score (nSPS) is 23.9. The molecule has 0 aromatic heterocycles. The zero-order valence-corrected chi connectivity index (χ0v) is 14.3. The van der Waals surface area contributed by atoms with E-state index in [-0.39, 0.29) is 24.5 Å². The fourth-order valence-electron chi connectivity index (χ4n) is 2.96. The predicted octanol–water partition coefficient (Wildman–Crippen LogP) is 2.93. The molecule has 0 spiro atoms. The number of carbonyl (C=O) groups is 1. The highest BCUT2D eigenvalue weighted by Gasteiger charge is 2.30. The van der Waals surface area contributed by atoms with E-state index >= 15 is 0 Å². The van der Waals surface area contributed by atoms with Crippen LogP contribution < -0.4 is 10.1 Å². The summed E-state index contributed by atoms with van der Waals surface area (Å²) in [7, 11) is 0. The molecule has 1 saturated carbocycles. The summed E-state index contributed by atoms with van der Waals surface area (Å²) in [6, 6.07) is 4.71. The minimum atomic E-state index is -0.403. The van der Waals surface area contributed by atoms with E-state index in [1.165, 1.54) is 18.9 Å². The number of amides is 1. The van der Waals surface area contributed by atoms with Gasteiger partial charge in [-0.25, -0.2) is 9.18 Å². The van der Waals surface area contributed by atoms with Gasteiger partial charge in [-0.1, -0.05) is 0 Å². The van der Waals surface area contributed by atoms with E-state index in [4.69, 9.17) is 9.47 Å². The highest BCUT2D eigenvalue weighted by Crippen LogP contribution is 2.30. The van der Waals surface area contributed by atoms with E-state index in [1.54, 1.807) is 17.0 Å². The van der Waals surface area contributed by atoms with E-state index in [2.05, 4.69) is 5.32 Å². The molecule has 1 aliphatic heterocycles. The predicted molar refractivity (Wildman–Crippen MR) is 88.4 cm³/mol. The van der Waals surface area contributed by atoms with Crippen molar-refractivity contribution in [3.05, 3.63) is 29.6 Å². The zero-order valence-electron chi connectivity index (χ0n) is 14.3. The van der Waals surface area contributed by atoms with Crippen LogP contribution in [0.4, 0.5) is 9.18 Å². The lowest BCUT2D eigenvalue weighted by atomic mass is 10.1. The van der Waals surface area contributed by atoms with Gasteiger partial charge in [0.15, 0.2) is 0 Å². The number of piperazine rings is 1. The molecule has 24 heavy (non-hydrogen) atoms. The zero-order chi connectivity index (χ0) is 17.1. The summed E-state index contributed by atoms with van der Waals surface area (Å²) in [6.07, 6.45) is 2.00. The summed E-state index contributed by atoms with van der Waals surface area (Å²) in [5.74, 6) is 0.869. The third-order valence-corrected chi connectivity index (χ3v) is 4.59. The molecule has 0 radical (unpaired) electrons. The van der Waals surface area contributed by atoms with Crippen molar-refractivity contribution in [3.63, 3.8) is 0 Å². The van der Waals surface area contributed by atoms with Gasteiger partial charge in [0.2, 0.25) is 0 Å². The molecule has 5 nitrogen and oxygen atoms in total. The molecule has 6 heteroatoms. The van der Waals surface area contributed by atoms with Crippen LogP contribution in [0.15, 0.2) is 18.2 Å². The van der Waals surface area contributed by atoms with E-state index in [1.807, 2.05) is 13.8 Å². The number of hydrogen-bond donors (Lipinski definition) is 1. The fraction of sp³-hybridized carbons (Fsp3) is 0.611. The molecule has 132 valence electrons. The molecule has 1 amide bonds. The van der Waals surface area contributed by atoms with Crippen LogP contribution in [0.25, 0.3) is 0 Å². The molecule has 1 aromatic carbocycles. The quantitative estimate of drug-likeness (QED) is 0.898. The summed E-state index contributed by atoms with van der Waals surface area (Å²) >= 11 is 0. The van der Waals surface area contributed by atoms with Gasteiger partial charge < -0.3 is 19.7 Å². The topological polar surface area (TPSA) is 50.8 Å². The number of rotatable bonds is 5. The van der Waals surface area contributed by atoms with Gasteiger partial charge >= 0.3 is 6.09 Å². The number of nitrogens with zero attached hydrogens (tertiary/aromatic N) is 1. The van der Waals surface area contributed by atoms with Crippen molar-refractivity contribution < 1.29 is 18.7 Å². The first-order chi connectivity index (χ1) is 11.5. The molecule has 2 unspecified atom stereocenters. The summed E-state index contributed by atoms with van der Waals surface area (Å²) in [5.41, 5.74) is 0.340. The number of benzene rings is 1. The standard InChI is InChI=1S/C18H25FN2O3/c1-12-8-20-9-13(2)21(12)18(22)24-11-15-7-16(5-6-17(15)19)23-10-14-3-4-14/h5-7,12-14,20H,3-4,8-11H2,1-2H3. The minimum Gasteiger partial charge on any atom is -0.493 e. The van der Waals surface area contributed by atoms with Crippen molar-refractivity contribution in [2.24, 2.45) is 5.92 Å². The Morgan fingerprint density at radius 2 is 2.00 bits per heavy atom. The Bertz CT molecular complexity index is 582. The third-order valence-electron chi connectivity index (χ3n) is 4.59. The Morgan fingerprint density at radius 1 is 1.29 bits per heavy atom. The molecule has 1 aromatic rings. The van der Waals surface area contributed by atoms with Crippen molar-refractivity contribution in [1.29, 1.82) is 0 Å². The maximum Gasteiger partial charge on any atom is 0.410 e. The fourth-order valence-corrected chi connectivity index (χ4v) is 2.96. The molecular weight excluding hydrogens is 311 g/mol. The van der Waals surface area contributed by atoms with Crippen LogP contribution in [0.2, 0.25) is 0 Å². The van der Waals surface area contributed by atoms with Crippen molar-refractivity contribution >= 4 is 6.09 Å². The highest BCUT2D eigenvalue weighted by atomic mass is 19.1. The Labute approximate surface area is 142 Å². The van der Waals surface area contributed by atoms with Gasteiger partial charge in [-0.3, -0.25) is 0 Å². The van der Waals surface area contributed by atoms with Crippen LogP contribution in [-0.4, -0.2) is 42.8 Å². The maximum atomic E-state index is 14.0. The third kappa shape index (κ3) is 4.17. The van der Waals surface area contributed by atoms with E-state index in [9.17, 15) is 9.18 Å². The molecule has 1 N–H and O–H groups in total. The lowest BCUT2D eigenvalue weighted by molar-refractivity contribution is 0.0557. The van der Waals surface area contributed by atoms with Gasteiger partial charge in [0, 0.05) is 30.7 Å². The smallest absolute Gasteiger partial charge is 0.410 e. The lowest BCUT2D eigenvalue weighted by Gasteiger charge is -2.38. The summed E-state index contributed by atoms with van der Waals surface area (Å²) in [6.45, 7) is 5.99. The van der Waals surface area contributed by atoms with Crippen LogP contribution in [-0.2, 0) is 11.3 Å². The van der Waals surface area contributed by atoms with Gasteiger partial charge in [-0.2, -0.15) is 0 Å². The van der Waals surface area contributed by atoms with Gasteiger partial charge in [0.1, 0.15) is 18.2 Å². The minimum absolute atomic E-state index is 0.0549. The van der Waals surface area contributed by atoms with Gasteiger partial charge in [-0.15, -0.1) is 0 Å². The van der Waals surface area contributed by atoms with Gasteiger partial charge in [0.05, 0.1) is 6.61 Å². The SMILES string of the molecule is CC1CNCC(C)N1C(=O)OCc1cc(OCC2CC2)ccc1F. The molecule has 1 aliphatic carbocycles. The molecule has 0 bridgehead atoms. The monoisotopic (exact) mass is 336 g/mol.